The molecule has 0 saturated heterocycles. The van der Waals surface area contributed by atoms with Crippen LogP contribution < -0.4 is 24.4 Å². The summed E-state index contributed by atoms with van der Waals surface area (Å²) in [5.74, 6) is 0.560. The fourth-order valence-corrected chi connectivity index (χ4v) is 5.74. The first-order chi connectivity index (χ1) is 19.4. The Labute approximate surface area is 240 Å². The summed E-state index contributed by atoms with van der Waals surface area (Å²) in [4.78, 5) is 32.1. The second-order valence-corrected chi connectivity index (χ2v) is 10.5. The molecule has 1 unspecified atom stereocenters. The SMILES string of the molecule is CCOC(=O)C1=C(C)N=c2s/c(=C/c3cccc(OC)c3OCc3ccc(Cl)cc3)c(=O)n2C1c1ccccc1. The number of allylic oxidation sites excluding steroid dienone is 1. The summed E-state index contributed by atoms with van der Waals surface area (Å²) < 4.78 is 19.1. The van der Waals surface area contributed by atoms with Crippen molar-refractivity contribution >= 4 is 35.0 Å². The average molecular weight is 575 g/mol. The molecule has 204 valence electrons. The van der Waals surface area contributed by atoms with Gasteiger partial charge in [-0.25, -0.2) is 9.79 Å². The maximum absolute atomic E-state index is 13.9. The summed E-state index contributed by atoms with van der Waals surface area (Å²) in [5, 5.41) is 0.646. The highest BCUT2D eigenvalue weighted by Crippen LogP contribution is 2.33. The molecular formula is C31H27ClN2O5S. The van der Waals surface area contributed by atoms with Gasteiger partial charge in [0.05, 0.1) is 35.6 Å². The minimum atomic E-state index is -0.662. The maximum atomic E-state index is 13.9. The fourth-order valence-electron chi connectivity index (χ4n) is 4.58. The molecule has 0 bridgehead atoms. The number of aromatic nitrogens is 1. The van der Waals surface area contributed by atoms with E-state index in [1.54, 1.807) is 49.8 Å². The number of fused-ring (bicyclic) bond motifs is 1. The minimum absolute atomic E-state index is 0.218. The van der Waals surface area contributed by atoms with Crippen molar-refractivity contribution in [2.75, 3.05) is 13.7 Å². The van der Waals surface area contributed by atoms with Crippen molar-refractivity contribution in [3.05, 3.63) is 125 Å². The predicted octanol–water partition coefficient (Wildman–Crippen LogP) is 5.04. The van der Waals surface area contributed by atoms with Gasteiger partial charge >= 0.3 is 5.97 Å². The van der Waals surface area contributed by atoms with Gasteiger partial charge < -0.3 is 14.2 Å². The van der Waals surface area contributed by atoms with Crippen LogP contribution in [0.4, 0.5) is 0 Å². The Hall–Kier alpha value is -4.14. The van der Waals surface area contributed by atoms with E-state index in [1.807, 2.05) is 54.6 Å². The van der Waals surface area contributed by atoms with E-state index in [4.69, 9.17) is 25.8 Å². The maximum Gasteiger partial charge on any atom is 0.338 e. The van der Waals surface area contributed by atoms with Crippen LogP contribution in [0.1, 0.15) is 36.6 Å². The average Bonchev–Trinajstić information content (AvgIpc) is 3.26. The van der Waals surface area contributed by atoms with Crippen LogP contribution in [-0.2, 0) is 16.1 Å². The Bertz CT molecular complexity index is 1760. The van der Waals surface area contributed by atoms with Gasteiger partial charge in [-0.1, -0.05) is 77.5 Å². The van der Waals surface area contributed by atoms with E-state index in [9.17, 15) is 9.59 Å². The monoisotopic (exact) mass is 574 g/mol. The van der Waals surface area contributed by atoms with Crippen LogP contribution in [0.2, 0.25) is 5.02 Å². The van der Waals surface area contributed by atoms with Gasteiger partial charge in [-0.15, -0.1) is 0 Å². The third-order valence-electron chi connectivity index (χ3n) is 6.44. The highest BCUT2D eigenvalue weighted by atomic mass is 35.5. The summed E-state index contributed by atoms with van der Waals surface area (Å²) in [6.07, 6.45) is 1.77. The lowest BCUT2D eigenvalue weighted by Gasteiger charge is -2.24. The summed E-state index contributed by atoms with van der Waals surface area (Å²) >= 11 is 7.27. The zero-order valence-electron chi connectivity index (χ0n) is 22.2. The number of rotatable bonds is 8. The van der Waals surface area contributed by atoms with Crippen molar-refractivity contribution in [1.82, 2.24) is 4.57 Å². The Balaban J connectivity index is 1.62. The van der Waals surface area contributed by atoms with Crippen LogP contribution >= 0.6 is 22.9 Å². The van der Waals surface area contributed by atoms with Gasteiger partial charge in [0.25, 0.3) is 5.56 Å². The molecule has 0 radical (unpaired) electrons. The number of hydrogen-bond donors (Lipinski definition) is 0. The van der Waals surface area contributed by atoms with Crippen LogP contribution in [0.3, 0.4) is 0 Å². The lowest BCUT2D eigenvalue weighted by Crippen LogP contribution is -2.39. The molecule has 1 aliphatic heterocycles. The molecule has 1 atom stereocenters. The minimum Gasteiger partial charge on any atom is -0.493 e. The molecule has 4 aromatic rings. The van der Waals surface area contributed by atoms with Crippen molar-refractivity contribution in [2.24, 2.45) is 4.99 Å². The van der Waals surface area contributed by atoms with Crippen LogP contribution in [-0.4, -0.2) is 24.3 Å². The molecule has 1 aromatic heterocycles. The van der Waals surface area contributed by atoms with Crippen LogP contribution in [0.5, 0.6) is 11.5 Å². The van der Waals surface area contributed by atoms with Gasteiger partial charge in [-0.3, -0.25) is 9.36 Å². The molecule has 0 aliphatic carbocycles. The third-order valence-corrected chi connectivity index (χ3v) is 7.68. The number of ether oxygens (including phenoxy) is 3. The van der Waals surface area contributed by atoms with E-state index in [0.717, 1.165) is 11.1 Å². The van der Waals surface area contributed by atoms with Crippen molar-refractivity contribution in [3.63, 3.8) is 0 Å². The molecule has 0 saturated carbocycles. The number of para-hydroxylation sites is 1. The standard InChI is InChI=1S/C31H27ClN2O5S/c1-4-38-30(36)26-19(2)33-31-34(27(26)21-9-6-5-7-10-21)29(35)25(40-31)17-22-11-8-12-24(37-3)28(22)39-18-20-13-15-23(32)16-14-20/h5-17,27H,4,18H2,1-3H3/b25-17+. The van der Waals surface area contributed by atoms with E-state index in [0.29, 0.717) is 42.7 Å². The van der Waals surface area contributed by atoms with Gasteiger partial charge in [0.1, 0.15) is 6.61 Å². The van der Waals surface area contributed by atoms with Crippen LogP contribution in [0, 0.1) is 0 Å². The highest BCUT2D eigenvalue weighted by molar-refractivity contribution is 7.07. The molecule has 2 heterocycles. The lowest BCUT2D eigenvalue weighted by atomic mass is 9.96. The molecule has 0 spiro atoms. The molecule has 0 N–H and O–H groups in total. The molecule has 3 aromatic carbocycles. The first-order valence-corrected chi connectivity index (χ1v) is 13.9. The summed E-state index contributed by atoms with van der Waals surface area (Å²) in [6.45, 7) is 4.03. The lowest BCUT2D eigenvalue weighted by molar-refractivity contribution is -0.139. The third kappa shape index (κ3) is 5.46. The number of carbonyl (C=O) groups excluding carboxylic acids is 1. The molecule has 9 heteroatoms. The molecule has 1 aliphatic rings. The second kappa shape index (κ2) is 11.9. The first-order valence-electron chi connectivity index (χ1n) is 12.7. The second-order valence-electron chi connectivity index (χ2n) is 9.01. The Morgan fingerprint density at radius 2 is 1.82 bits per heavy atom. The van der Waals surface area contributed by atoms with E-state index in [2.05, 4.69) is 4.99 Å². The van der Waals surface area contributed by atoms with Gasteiger partial charge in [0.15, 0.2) is 16.3 Å². The summed E-state index contributed by atoms with van der Waals surface area (Å²) in [5.41, 5.74) is 3.01. The van der Waals surface area contributed by atoms with Crippen LogP contribution in [0.25, 0.3) is 6.08 Å². The van der Waals surface area contributed by atoms with E-state index in [1.165, 1.54) is 11.3 Å². The number of hydrogen-bond acceptors (Lipinski definition) is 7. The Kier molecular flexibility index (Phi) is 8.19. The van der Waals surface area contributed by atoms with Crippen molar-refractivity contribution in [2.45, 2.75) is 26.5 Å². The number of carbonyl (C=O) groups is 1. The van der Waals surface area contributed by atoms with E-state index >= 15 is 0 Å². The Morgan fingerprint density at radius 1 is 1.07 bits per heavy atom. The number of nitrogens with zero attached hydrogens (tertiary/aromatic N) is 2. The zero-order valence-corrected chi connectivity index (χ0v) is 23.8. The van der Waals surface area contributed by atoms with Gasteiger partial charge in [-0.2, -0.15) is 0 Å². The Morgan fingerprint density at radius 3 is 2.52 bits per heavy atom. The number of methoxy groups -OCH3 is 1. The summed E-state index contributed by atoms with van der Waals surface area (Å²) in [7, 11) is 1.57. The number of halogens is 1. The quantitative estimate of drug-likeness (QED) is 0.276. The van der Waals surface area contributed by atoms with Crippen molar-refractivity contribution in [3.8, 4) is 11.5 Å². The molecule has 7 nitrogen and oxygen atoms in total. The molecule has 0 fully saturated rings. The normalized spacial score (nSPS) is 14.9. The van der Waals surface area contributed by atoms with Gasteiger partial charge in [0.2, 0.25) is 0 Å². The topological polar surface area (TPSA) is 79.1 Å². The first kappa shape index (κ1) is 27.4. The van der Waals surface area contributed by atoms with Crippen molar-refractivity contribution < 1.29 is 19.0 Å². The molecule has 5 rings (SSSR count). The zero-order chi connectivity index (χ0) is 28.2. The summed E-state index contributed by atoms with van der Waals surface area (Å²) in [6, 6.07) is 21.7. The van der Waals surface area contributed by atoms with Crippen LogP contribution in [0.15, 0.2) is 93.9 Å². The largest absolute Gasteiger partial charge is 0.493 e. The van der Waals surface area contributed by atoms with Crippen molar-refractivity contribution in [1.29, 1.82) is 0 Å². The molecule has 40 heavy (non-hydrogen) atoms. The molecular weight excluding hydrogens is 548 g/mol. The fraction of sp³-hybridized carbons (Fsp3) is 0.194. The van der Waals surface area contributed by atoms with E-state index < -0.39 is 12.0 Å². The van der Waals surface area contributed by atoms with E-state index in [-0.39, 0.29) is 18.8 Å². The number of thiazole rings is 1. The highest BCUT2D eigenvalue weighted by Gasteiger charge is 2.33. The smallest absolute Gasteiger partial charge is 0.338 e. The number of esters is 1. The predicted molar refractivity (Wildman–Crippen MR) is 156 cm³/mol. The van der Waals surface area contributed by atoms with Gasteiger partial charge in [-0.05, 0) is 49.2 Å². The van der Waals surface area contributed by atoms with Gasteiger partial charge in [0, 0.05) is 10.6 Å². The number of benzene rings is 3. The molecule has 0 amide bonds.